The molecule has 2 atom stereocenters. The summed E-state index contributed by atoms with van der Waals surface area (Å²) >= 11 is 0. The molecule has 2 rings (SSSR count). The van der Waals surface area contributed by atoms with E-state index in [1.807, 2.05) is 24.3 Å². The zero-order valence-corrected chi connectivity index (χ0v) is 11.5. The third kappa shape index (κ3) is 3.32. The highest BCUT2D eigenvalue weighted by Gasteiger charge is 2.32. The summed E-state index contributed by atoms with van der Waals surface area (Å²) in [5.74, 6) is 0. The van der Waals surface area contributed by atoms with Gasteiger partial charge in [-0.25, -0.2) is 0 Å². The van der Waals surface area contributed by atoms with Crippen molar-refractivity contribution in [1.82, 2.24) is 4.90 Å². The molecule has 0 radical (unpaired) electrons. The molecule has 102 valence electrons. The number of hydrogen-bond acceptors (Lipinski definition) is 4. The fourth-order valence-electron chi connectivity index (χ4n) is 2.65. The van der Waals surface area contributed by atoms with Gasteiger partial charge in [-0.3, -0.25) is 4.90 Å². The molecule has 1 fully saturated rings. The maximum absolute atomic E-state index is 9.14. The summed E-state index contributed by atoms with van der Waals surface area (Å²) in [6.45, 7) is 2.37. The van der Waals surface area contributed by atoms with Crippen LogP contribution in [0.25, 0.3) is 0 Å². The molecule has 1 aromatic rings. The molecule has 0 aromatic heterocycles. The van der Waals surface area contributed by atoms with Gasteiger partial charge in [-0.15, -0.1) is 0 Å². The van der Waals surface area contributed by atoms with E-state index >= 15 is 0 Å². The first-order valence-electron chi connectivity index (χ1n) is 6.52. The van der Waals surface area contributed by atoms with E-state index in [1.54, 1.807) is 14.2 Å². The van der Waals surface area contributed by atoms with Crippen LogP contribution in [0.5, 0.6) is 0 Å². The first-order chi connectivity index (χ1) is 9.28. The van der Waals surface area contributed by atoms with Crippen molar-refractivity contribution in [3.05, 3.63) is 35.4 Å². The first kappa shape index (κ1) is 14.0. The number of hydrogen-bond donors (Lipinski definition) is 0. The van der Waals surface area contributed by atoms with Crippen molar-refractivity contribution in [2.75, 3.05) is 27.4 Å². The Kier molecular flexibility index (Phi) is 4.92. The number of ether oxygens (including phenoxy) is 2. The summed E-state index contributed by atoms with van der Waals surface area (Å²) in [5, 5.41) is 9.14. The molecule has 4 heteroatoms. The molecule has 4 nitrogen and oxygen atoms in total. The minimum Gasteiger partial charge on any atom is -0.383 e. The van der Waals surface area contributed by atoms with Gasteiger partial charge in [0.2, 0.25) is 0 Å². The summed E-state index contributed by atoms with van der Waals surface area (Å²) in [5.41, 5.74) is 1.82. The van der Waals surface area contributed by atoms with E-state index in [4.69, 9.17) is 14.7 Å². The Bertz CT molecular complexity index is 456. The molecule has 1 aromatic carbocycles. The van der Waals surface area contributed by atoms with Crippen molar-refractivity contribution in [2.45, 2.75) is 25.1 Å². The van der Waals surface area contributed by atoms with Crippen molar-refractivity contribution in [3.63, 3.8) is 0 Å². The quantitative estimate of drug-likeness (QED) is 0.809. The van der Waals surface area contributed by atoms with Gasteiger partial charge >= 0.3 is 0 Å². The summed E-state index contributed by atoms with van der Waals surface area (Å²) in [6.07, 6.45) is 1.24. The summed E-state index contributed by atoms with van der Waals surface area (Å²) < 4.78 is 10.7. The van der Waals surface area contributed by atoms with Crippen LogP contribution in [0.1, 0.15) is 17.5 Å². The molecular weight excluding hydrogens is 240 g/mol. The molecule has 0 bridgehead atoms. The summed E-state index contributed by atoms with van der Waals surface area (Å²) in [4.78, 5) is 2.34. The van der Waals surface area contributed by atoms with E-state index in [0.29, 0.717) is 12.6 Å². The Hall–Kier alpha value is -1.41. The SMILES string of the molecule is COC[C@@H]1C[C@@H](OC)CN1Cc1ccccc1C#N. The fraction of sp³-hybridized carbons (Fsp3) is 0.533. The van der Waals surface area contributed by atoms with Crippen LogP contribution in [0.3, 0.4) is 0 Å². The topological polar surface area (TPSA) is 45.5 Å². The largest absolute Gasteiger partial charge is 0.383 e. The van der Waals surface area contributed by atoms with Crippen molar-refractivity contribution in [2.24, 2.45) is 0 Å². The van der Waals surface area contributed by atoms with E-state index < -0.39 is 0 Å². The Morgan fingerprint density at radius 2 is 2.16 bits per heavy atom. The van der Waals surface area contributed by atoms with Gasteiger partial charge in [-0.2, -0.15) is 5.26 Å². The van der Waals surface area contributed by atoms with Gasteiger partial charge in [0, 0.05) is 33.4 Å². The molecule has 0 aliphatic carbocycles. The van der Waals surface area contributed by atoms with Gasteiger partial charge < -0.3 is 9.47 Å². The van der Waals surface area contributed by atoms with Gasteiger partial charge in [0.1, 0.15) is 0 Å². The maximum Gasteiger partial charge on any atom is 0.0995 e. The van der Waals surface area contributed by atoms with Crippen LogP contribution >= 0.6 is 0 Å². The second-order valence-electron chi connectivity index (χ2n) is 4.90. The zero-order chi connectivity index (χ0) is 13.7. The second kappa shape index (κ2) is 6.67. The number of methoxy groups -OCH3 is 2. The van der Waals surface area contributed by atoms with Crippen LogP contribution in [-0.4, -0.2) is 44.4 Å². The van der Waals surface area contributed by atoms with Crippen LogP contribution in [0, 0.1) is 11.3 Å². The molecule has 1 saturated heterocycles. The van der Waals surface area contributed by atoms with Crippen molar-refractivity contribution in [3.8, 4) is 6.07 Å². The number of nitrogens with zero attached hydrogens (tertiary/aromatic N) is 2. The number of rotatable bonds is 5. The maximum atomic E-state index is 9.14. The molecule has 0 unspecified atom stereocenters. The van der Waals surface area contributed by atoms with E-state index in [-0.39, 0.29) is 6.10 Å². The lowest BCUT2D eigenvalue weighted by Gasteiger charge is -2.23. The lowest BCUT2D eigenvalue weighted by Crippen LogP contribution is -2.32. The van der Waals surface area contributed by atoms with Gasteiger partial charge in [0.05, 0.1) is 24.3 Å². The predicted molar refractivity (Wildman–Crippen MR) is 72.6 cm³/mol. The first-order valence-corrected chi connectivity index (χ1v) is 6.52. The summed E-state index contributed by atoms with van der Waals surface area (Å²) in [7, 11) is 3.47. The smallest absolute Gasteiger partial charge is 0.0995 e. The van der Waals surface area contributed by atoms with Gasteiger partial charge in [0.15, 0.2) is 0 Å². The molecule has 19 heavy (non-hydrogen) atoms. The highest BCUT2D eigenvalue weighted by Crippen LogP contribution is 2.23. The molecule has 0 N–H and O–H groups in total. The molecule has 1 aliphatic rings. The highest BCUT2D eigenvalue weighted by molar-refractivity contribution is 5.37. The van der Waals surface area contributed by atoms with Crippen molar-refractivity contribution < 1.29 is 9.47 Å². The Morgan fingerprint density at radius 1 is 1.37 bits per heavy atom. The lowest BCUT2D eigenvalue weighted by molar-refractivity contribution is 0.106. The number of likely N-dealkylation sites (tertiary alicyclic amines) is 1. The van der Waals surface area contributed by atoms with Crippen LogP contribution < -0.4 is 0 Å². The minimum absolute atomic E-state index is 0.259. The predicted octanol–water partition coefficient (Wildman–Crippen LogP) is 1.79. The Balaban J connectivity index is 2.10. The van der Waals surface area contributed by atoms with E-state index in [1.165, 1.54) is 0 Å². The van der Waals surface area contributed by atoms with Crippen molar-refractivity contribution >= 4 is 0 Å². The molecule has 1 aliphatic heterocycles. The van der Waals surface area contributed by atoms with Crippen LogP contribution in [0.4, 0.5) is 0 Å². The molecule has 0 amide bonds. The fourth-order valence-corrected chi connectivity index (χ4v) is 2.65. The molecule has 0 saturated carbocycles. The second-order valence-corrected chi connectivity index (χ2v) is 4.90. The van der Waals surface area contributed by atoms with Crippen LogP contribution in [0.15, 0.2) is 24.3 Å². The minimum atomic E-state index is 0.259. The van der Waals surface area contributed by atoms with Crippen LogP contribution in [-0.2, 0) is 16.0 Å². The Labute approximate surface area is 114 Å². The molecule has 1 heterocycles. The lowest BCUT2D eigenvalue weighted by atomic mass is 10.1. The molecular formula is C15H20N2O2. The number of nitriles is 1. The monoisotopic (exact) mass is 260 g/mol. The normalized spacial score (nSPS) is 23.4. The van der Waals surface area contributed by atoms with E-state index in [2.05, 4.69) is 11.0 Å². The third-order valence-electron chi connectivity index (χ3n) is 3.69. The van der Waals surface area contributed by atoms with Crippen molar-refractivity contribution in [1.29, 1.82) is 5.26 Å². The van der Waals surface area contributed by atoms with E-state index in [9.17, 15) is 0 Å². The van der Waals surface area contributed by atoms with Gasteiger partial charge in [0.25, 0.3) is 0 Å². The zero-order valence-electron chi connectivity index (χ0n) is 11.5. The van der Waals surface area contributed by atoms with Gasteiger partial charge in [-0.05, 0) is 18.1 Å². The average Bonchev–Trinajstić information content (AvgIpc) is 2.82. The Morgan fingerprint density at radius 3 is 2.84 bits per heavy atom. The molecule has 0 spiro atoms. The van der Waals surface area contributed by atoms with Gasteiger partial charge in [-0.1, -0.05) is 18.2 Å². The van der Waals surface area contributed by atoms with Crippen LogP contribution in [0.2, 0.25) is 0 Å². The third-order valence-corrected chi connectivity index (χ3v) is 3.69. The standard InChI is InChI=1S/C15H20N2O2/c1-18-11-14-7-15(19-2)10-17(14)9-13-6-4-3-5-12(13)8-16/h3-6,14-15H,7,9-11H2,1-2H3/t14-,15+/m0/s1. The summed E-state index contributed by atoms with van der Waals surface area (Å²) in [6, 6.07) is 10.4. The van der Waals surface area contributed by atoms with E-state index in [0.717, 1.165) is 30.6 Å². The number of benzene rings is 1. The average molecular weight is 260 g/mol. The highest BCUT2D eigenvalue weighted by atomic mass is 16.5.